The van der Waals surface area contributed by atoms with Gasteiger partial charge in [-0.25, -0.2) is 4.79 Å². The molecule has 8 heteroatoms. The molecular formula is C21H27N3O4S. The lowest BCUT2D eigenvalue weighted by atomic mass is 9.75. The van der Waals surface area contributed by atoms with Crippen molar-refractivity contribution < 1.29 is 19.1 Å². The second-order valence-corrected chi connectivity index (χ2v) is 7.30. The Morgan fingerprint density at radius 3 is 2.41 bits per heavy atom. The van der Waals surface area contributed by atoms with Crippen LogP contribution in [0.5, 0.6) is 0 Å². The van der Waals surface area contributed by atoms with Crippen molar-refractivity contribution in [1.82, 2.24) is 0 Å². The monoisotopic (exact) mass is 417 g/mol. The number of ether oxygens (including phenoxy) is 2. The summed E-state index contributed by atoms with van der Waals surface area (Å²) in [6.07, 6.45) is 0. The standard InChI is InChI=1S/C21H27N3O4S/c1-5-27-19(25)16-13(3)24-15(12-29-21(22)23-4)18(20(26)28-6-2)17(16)14-10-8-7-9-11-14/h7-11,16-17H,5-6,12H2,1-4H3,(H2,22,23). The van der Waals surface area contributed by atoms with Crippen molar-refractivity contribution in [3.05, 3.63) is 47.2 Å². The second-order valence-electron chi connectivity index (χ2n) is 6.30. The van der Waals surface area contributed by atoms with Crippen LogP contribution >= 0.6 is 11.8 Å². The van der Waals surface area contributed by atoms with Crippen LogP contribution in [0.25, 0.3) is 0 Å². The van der Waals surface area contributed by atoms with E-state index in [9.17, 15) is 9.59 Å². The van der Waals surface area contributed by atoms with Crippen molar-refractivity contribution >= 4 is 34.6 Å². The minimum Gasteiger partial charge on any atom is -0.465 e. The Morgan fingerprint density at radius 2 is 1.83 bits per heavy atom. The zero-order valence-corrected chi connectivity index (χ0v) is 18.0. The number of thioether (sulfide) groups is 1. The highest BCUT2D eigenvalue weighted by Gasteiger charge is 2.43. The molecule has 1 aromatic rings. The molecule has 7 nitrogen and oxygen atoms in total. The highest BCUT2D eigenvalue weighted by Crippen LogP contribution is 2.40. The zero-order valence-electron chi connectivity index (χ0n) is 17.2. The summed E-state index contributed by atoms with van der Waals surface area (Å²) in [5, 5.41) is 0.386. The Labute approximate surface area is 175 Å². The third-order valence-electron chi connectivity index (χ3n) is 4.49. The molecule has 0 fully saturated rings. The zero-order chi connectivity index (χ0) is 21.4. The Bertz CT molecular complexity index is 834. The lowest BCUT2D eigenvalue weighted by molar-refractivity contribution is -0.146. The van der Waals surface area contributed by atoms with Crippen molar-refractivity contribution in [3.63, 3.8) is 0 Å². The van der Waals surface area contributed by atoms with E-state index in [2.05, 4.69) is 9.98 Å². The van der Waals surface area contributed by atoms with E-state index in [1.807, 2.05) is 30.3 Å². The highest BCUT2D eigenvalue weighted by molar-refractivity contribution is 8.13. The summed E-state index contributed by atoms with van der Waals surface area (Å²) in [5.41, 5.74) is 8.12. The van der Waals surface area contributed by atoms with E-state index < -0.39 is 23.8 Å². The third-order valence-corrected chi connectivity index (χ3v) is 5.38. The summed E-state index contributed by atoms with van der Waals surface area (Å²) < 4.78 is 10.6. The maximum Gasteiger partial charge on any atom is 0.336 e. The molecule has 1 heterocycles. The van der Waals surface area contributed by atoms with E-state index in [4.69, 9.17) is 15.2 Å². The van der Waals surface area contributed by atoms with Gasteiger partial charge in [-0.05, 0) is 26.3 Å². The van der Waals surface area contributed by atoms with Crippen molar-refractivity contribution in [2.75, 3.05) is 26.0 Å². The average Bonchev–Trinajstić information content (AvgIpc) is 2.72. The SMILES string of the molecule is CCOC(=O)C1=C(CSC(N)=NC)N=C(C)C(C(=O)OCC)C1c1ccccc1. The minimum atomic E-state index is -0.706. The molecule has 0 bridgehead atoms. The Hall–Kier alpha value is -2.61. The fraction of sp³-hybridized carbons (Fsp3) is 0.429. The van der Waals surface area contributed by atoms with Crippen LogP contribution in [0, 0.1) is 5.92 Å². The van der Waals surface area contributed by atoms with Gasteiger partial charge in [0.25, 0.3) is 0 Å². The molecule has 0 aromatic heterocycles. The van der Waals surface area contributed by atoms with E-state index >= 15 is 0 Å². The molecule has 0 radical (unpaired) electrons. The molecule has 2 rings (SSSR count). The fourth-order valence-corrected chi connectivity index (χ4v) is 3.89. The van der Waals surface area contributed by atoms with Gasteiger partial charge in [-0.15, -0.1) is 0 Å². The van der Waals surface area contributed by atoms with Crippen LogP contribution in [0.4, 0.5) is 0 Å². The van der Waals surface area contributed by atoms with Crippen LogP contribution in [0.2, 0.25) is 0 Å². The molecule has 2 atom stereocenters. The van der Waals surface area contributed by atoms with Crippen molar-refractivity contribution in [2.24, 2.45) is 21.6 Å². The topological polar surface area (TPSA) is 103 Å². The minimum absolute atomic E-state index is 0.218. The first kappa shape index (κ1) is 22.7. The normalized spacial score (nSPS) is 19.6. The maximum absolute atomic E-state index is 13.0. The lowest BCUT2D eigenvalue weighted by Gasteiger charge is -2.32. The summed E-state index contributed by atoms with van der Waals surface area (Å²) in [6, 6.07) is 9.41. The molecule has 29 heavy (non-hydrogen) atoms. The van der Waals surface area contributed by atoms with Gasteiger partial charge in [-0.3, -0.25) is 14.8 Å². The van der Waals surface area contributed by atoms with Crippen LogP contribution < -0.4 is 5.73 Å². The molecule has 2 unspecified atom stereocenters. The van der Waals surface area contributed by atoms with Crippen LogP contribution in [0.15, 0.2) is 51.6 Å². The number of hydrogen-bond donors (Lipinski definition) is 1. The van der Waals surface area contributed by atoms with E-state index in [0.717, 1.165) is 5.56 Å². The molecule has 0 saturated carbocycles. The molecule has 0 spiro atoms. The molecular weight excluding hydrogens is 390 g/mol. The molecule has 0 aliphatic carbocycles. The fourth-order valence-electron chi connectivity index (χ4n) is 3.26. The number of aliphatic imine (C=N–C) groups is 2. The average molecular weight is 418 g/mol. The predicted molar refractivity (Wildman–Crippen MR) is 116 cm³/mol. The van der Waals surface area contributed by atoms with E-state index in [-0.39, 0.29) is 13.2 Å². The van der Waals surface area contributed by atoms with Gasteiger partial charge >= 0.3 is 11.9 Å². The van der Waals surface area contributed by atoms with Gasteiger partial charge < -0.3 is 15.2 Å². The third kappa shape index (κ3) is 5.47. The highest BCUT2D eigenvalue weighted by atomic mass is 32.2. The molecule has 156 valence electrons. The van der Waals surface area contributed by atoms with Crippen LogP contribution in [-0.4, -0.2) is 48.8 Å². The van der Waals surface area contributed by atoms with E-state index in [1.165, 1.54) is 11.8 Å². The van der Waals surface area contributed by atoms with E-state index in [1.54, 1.807) is 27.8 Å². The first-order valence-corrected chi connectivity index (χ1v) is 10.4. The number of nitrogens with zero attached hydrogens (tertiary/aromatic N) is 2. The summed E-state index contributed by atoms with van der Waals surface area (Å²) in [5.74, 6) is -1.82. The number of nitrogens with two attached hydrogens (primary N) is 1. The summed E-state index contributed by atoms with van der Waals surface area (Å²) >= 11 is 1.28. The van der Waals surface area contributed by atoms with Gasteiger partial charge in [0.2, 0.25) is 0 Å². The smallest absolute Gasteiger partial charge is 0.336 e. The molecule has 2 N–H and O–H groups in total. The Balaban J connectivity index is 2.64. The molecule has 0 amide bonds. The molecule has 0 saturated heterocycles. The van der Waals surface area contributed by atoms with Gasteiger partial charge in [0.15, 0.2) is 5.17 Å². The lowest BCUT2D eigenvalue weighted by Crippen LogP contribution is -2.37. The van der Waals surface area contributed by atoms with Gasteiger partial charge in [-0.1, -0.05) is 42.1 Å². The van der Waals surface area contributed by atoms with Crippen LogP contribution in [-0.2, 0) is 19.1 Å². The number of carbonyl (C=O) groups is 2. The first-order valence-electron chi connectivity index (χ1n) is 9.46. The Morgan fingerprint density at radius 1 is 1.17 bits per heavy atom. The molecule has 1 aliphatic heterocycles. The largest absolute Gasteiger partial charge is 0.465 e. The van der Waals surface area contributed by atoms with Crippen LogP contribution in [0.1, 0.15) is 32.3 Å². The maximum atomic E-state index is 13.0. The number of hydrogen-bond acceptors (Lipinski definition) is 7. The van der Waals surface area contributed by atoms with Crippen molar-refractivity contribution in [1.29, 1.82) is 0 Å². The Kier molecular flexibility index (Phi) is 8.45. The van der Waals surface area contributed by atoms with Crippen molar-refractivity contribution in [2.45, 2.75) is 26.7 Å². The molecule has 1 aromatic carbocycles. The summed E-state index contributed by atoms with van der Waals surface area (Å²) in [7, 11) is 1.60. The van der Waals surface area contributed by atoms with Gasteiger partial charge in [0.05, 0.1) is 24.5 Å². The number of rotatable bonds is 7. The summed E-state index contributed by atoms with van der Waals surface area (Å²) in [4.78, 5) is 34.3. The summed E-state index contributed by atoms with van der Waals surface area (Å²) in [6.45, 7) is 5.74. The number of esters is 2. The first-order chi connectivity index (χ1) is 13.9. The number of carbonyl (C=O) groups excluding carboxylic acids is 2. The van der Waals surface area contributed by atoms with Gasteiger partial charge in [0, 0.05) is 24.4 Å². The van der Waals surface area contributed by atoms with Crippen LogP contribution in [0.3, 0.4) is 0 Å². The second kappa shape index (κ2) is 10.8. The number of benzene rings is 1. The van der Waals surface area contributed by atoms with E-state index in [0.29, 0.717) is 27.9 Å². The van der Waals surface area contributed by atoms with Gasteiger partial charge in [0.1, 0.15) is 5.92 Å². The van der Waals surface area contributed by atoms with Gasteiger partial charge in [-0.2, -0.15) is 0 Å². The predicted octanol–water partition coefficient (Wildman–Crippen LogP) is 2.92. The number of amidine groups is 1. The van der Waals surface area contributed by atoms with Crippen molar-refractivity contribution in [3.8, 4) is 0 Å². The molecule has 1 aliphatic rings. The quantitative estimate of drug-likeness (QED) is 0.416.